The number of hydrogen-bond donors (Lipinski definition) is 1. The van der Waals surface area contributed by atoms with E-state index in [1.807, 2.05) is 0 Å². The number of rotatable bonds is 5. The molecule has 0 bridgehead atoms. The summed E-state index contributed by atoms with van der Waals surface area (Å²) in [5, 5.41) is 2.94. The second-order valence-corrected chi connectivity index (χ2v) is 4.21. The Balaban J connectivity index is 2.39. The molecular formula is C13H14F3N3O. The lowest BCUT2D eigenvalue weighted by Gasteiger charge is -2.10. The molecule has 1 heterocycles. The van der Waals surface area contributed by atoms with Gasteiger partial charge >= 0.3 is 0 Å². The smallest absolute Gasteiger partial charge is 0.207 e. The second kappa shape index (κ2) is 5.96. The van der Waals surface area contributed by atoms with Gasteiger partial charge in [-0.2, -0.15) is 0 Å². The first-order chi connectivity index (χ1) is 9.52. The molecule has 4 nitrogen and oxygen atoms in total. The number of imidazole rings is 1. The van der Waals surface area contributed by atoms with Crippen molar-refractivity contribution in [2.75, 3.05) is 25.6 Å². The summed E-state index contributed by atoms with van der Waals surface area (Å²) in [4.78, 5) is 4.17. The molecule has 0 amide bonds. The molecule has 1 N–H and O–H groups in total. The molecule has 0 fully saturated rings. The summed E-state index contributed by atoms with van der Waals surface area (Å²) >= 11 is 0. The van der Waals surface area contributed by atoms with Crippen LogP contribution in [0.25, 0.3) is 5.69 Å². The molecular weight excluding hydrogens is 271 g/mol. The van der Waals surface area contributed by atoms with Crippen molar-refractivity contribution in [1.82, 2.24) is 9.55 Å². The summed E-state index contributed by atoms with van der Waals surface area (Å²) in [7, 11) is 1.55. The fraction of sp³-hybridized carbons (Fsp3) is 0.308. The van der Waals surface area contributed by atoms with Gasteiger partial charge in [0, 0.05) is 32.0 Å². The number of benzene rings is 1. The minimum atomic E-state index is -1.23. The largest absolute Gasteiger partial charge is 0.383 e. The monoisotopic (exact) mass is 285 g/mol. The third-order valence-corrected chi connectivity index (χ3v) is 2.66. The normalized spacial score (nSPS) is 10.8. The Morgan fingerprint density at radius 3 is 2.60 bits per heavy atom. The van der Waals surface area contributed by atoms with Gasteiger partial charge in [0.15, 0.2) is 11.6 Å². The summed E-state index contributed by atoms with van der Waals surface area (Å²) < 4.78 is 46.2. The zero-order chi connectivity index (χ0) is 14.7. The van der Waals surface area contributed by atoms with E-state index in [0.29, 0.717) is 30.9 Å². The van der Waals surface area contributed by atoms with E-state index in [1.54, 1.807) is 14.0 Å². The van der Waals surface area contributed by atoms with Crippen LogP contribution in [0.1, 0.15) is 5.69 Å². The minimum Gasteiger partial charge on any atom is -0.383 e. The van der Waals surface area contributed by atoms with Crippen molar-refractivity contribution in [3.05, 3.63) is 41.5 Å². The average Bonchev–Trinajstić information content (AvgIpc) is 2.75. The summed E-state index contributed by atoms with van der Waals surface area (Å²) in [5.41, 5.74) is 0.512. The molecule has 0 aliphatic carbocycles. The van der Waals surface area contributed by atoms with Gasteiger partial charge in [-0.1, -0.05) is 0 Å². The van der Waals surface area contributed by atoms with E-state index in [2.05, 4.69) is 10.3 Å². The summed E-state index contributed by atoms with van der Waals surface area (Å²) in [6.45, 7) is 2.61. The molecule has 0 atom stereocenters. The zero-order valence-electron chi connectivity index (χ0n) is 11.1. The molecule has 1 aromatic carbocycles. The van der Waals surface area contributed by atoms with Crippen molar-refractivity contribution in [2.45, 2.75) is 6.92 Å². The zero-order valence-corrected chi connectivity index (χ0v) is 11.1. The molecule has 108 valence electrons. The number of ether oxygens (including phenoxy) is 1. The molecule has 2 rings (SSSR count). The van der Waals surface area contributed by atoms with Crippen LogP contribution < -0.4 is 5.32 Å². The highest BCUT2D eigenvalue weighted by atomic mass is 19.2. The molecule has 0 aliphatic heterocycles. The highest BCUT2D eigenvalue weighted by Crippen LogP contribution is 2.22. The number of anilines is 1. The number of methoxy groups -OCH3 is 1. The Hall–Kier alpha value is -2.02. The van der Waals surface area contributed by atoms with Crippen molar-refractivity contribution >= 4 is 5.95 Å². The number of nitrogens with zero attached hydrogens (tertiary/aromatic N) is 2. The van der Waals surface area contributed by atoms with Crippen LogP contribution in [-0.4, -0.2) is 29.8 Å². The summed E-state index contributed by atoms with van der Waals surface area (Å²) in [6.07, 6.45) is 1.53. The van der Waals surface area contributed by atoms with Crippen LogP contribution in [0, 0.1) is 24.4 Å². The Morgan fingerprint density at radius 1 is 1.20 bits per heavy atom. The van der Waals surface area contributed by atoms with Gasteiger partial charge in [-0.25, -0.2) is 18.2 Å². The predicted molar refractivity (Wildman–Crippen MR) is 68.5 cm³/mol. The van der Waals surface area contributed by atoms with Gasteiger partial charge < -0.3 is 10.1 Å². The number of aryl methyl sites for hydroxylation is 1. The number of nitrogens with one attached hydrogen (secondary N) is 1. The van der Waals surface area contributed by atoms with Crippen LogP contribution in [0.5, 0.6) is 0 Å². The SMILES string of the molecule is COCCNc1nc(C)cn1-c1cc(F)c(F)cc1F. The predicted octanol–water partition coefficient (Wildman–Crippen LogP) is 2.66. The van der Waals surface area contributed by atoms with Crippen molar-refractivity contribution in [3.8, 4) is 5.69 Å². The highest BCUT2D eigenvalue weighted by molar-refractivity contribution is 5.44. The maximum Gasteiger partial charge on any atom is 0.207 e. The third kappa shape index (κ3) is 2.93. The van der Waals surface area contributed by atoms with Gasteiger partial charge in [-0.3, -0.25) is 4.57 Å². The van der Waals surface area contributed by atoms with Gasteiger partial charge in [0.2, 0.25) is 5.95 Å². The molecule has 0 spiro atoms. The van der Waals surface area contributed by atoms with Gasteiger partial charge in [-0.15, -0.1) is 0 Å². The molecule has 7 heteroatoms. The van der Waals surface area contributed by atoms with Crippen molar-refractivity contribution in [3.63, 3.8) is 0 Å². The molecule has 0 radical (unpaired) electrons. The molecule has 1 aromatic heterocycles. The Bertz CT molecular complexity index is 613. The van der Waals surface area contributed by atoms with E-state index in [9.17, 15) is 13.2 Å². The topological polar surface area (TPSA) is 39.1 Å². The lowest BCUT2D eigenvalue weighted by Crippen LogP contribution is -2.12. The van der Waals surface area contributed by atoms with E-state index in [0.717, 1.165) is 6.07 Å². The fourth-order valence-corrected chi connectivity index (χ4v) is 1.77. The third-order valence-electron chi connectivity index (χ3n) is 2.66. The molecule has 0 unspecified atom stereocenters. The first kappa shape index (κ1) is 14.4. The van der Waals surface area contributed by atoms with Gasteiger partial charge in [-0.05, 0) is 6.92 Å². The number of halogens is 3. The van der Waals surface area contributed by atoms with E-state index in [4.69, 9.17) is 4.74 Å². The van der Waals surface area contributed by atoms with E-state index in [-0.39, 0.29) is 5.69 Å². The van der Waals surface area contributed by atoms with Crippen LogP contribution in [0.3, 0.4) is 0 Å². The molecule has 0 aliphatic rings. The Morgan fingerprint density at radius 2 is 1.90 bits per heavy atom. The maximum absolute atomic E-state index is 13.8. The van der Waals surface area contributed by atoms with Crippen molar-refractivity contribution < 1.29 is 17.9 Å². The highest BCUT2D eigenvalue weighted by Gasteiger charge is 2.15. The van der Waals surface area contributed by atoms with Crippen molar-refractivity contribution in [1.29, 1.82) is 0 Å². The van der Waals surface area contributed by atoms with Gasteiger partial charge in [0.25, 0.3) is 0 Å². The molecule has 0 saturated carbocycles. The Kier molecular flexibility index (Phi) is 4.29. The van der Waals surface area contributed by atoms with E-state index < -0.39 is 17.5 Å². The second-order valence-electron chi connectivity index (χ2n) is 4.21. The maximum atomic E-state index is 13.8. The first-order valence-electron chi connectivity index (χ1n) is 5.96. The fourth-order valence-electron chi connectivity index (χ4n) is 1.77. The minimum absolute atomic E-state index is 0.107. The standard InChI is InChI=1S/C13H14F3N3O/c1-8-7-19(13(18-8)17-3-4-20-2)12-6-10(15)9(14)5-11(12)16/h5-7H,3-4H2,1-2H3,(H,17,18). The quantitative estimate of drug-likeness (QED) is 0.678. The van der Waals surface area contributed by atoms with Gasteiger partial charge in [0.05, 0.1) is 18.0 Å². The van der Waals surface area contributed by atoms with Gasteiger partial charge in [0.1, 0.15) is 5.82 Å². The molecule has 20 heavy (non-hydrogen) atoms. The lowest BCUT2D eigenvalue weighted by atomic mass is 10.3. The van der Waals surface area contributed by atoms with Crippen LogP contribution in [0.2, 0.25) is 0 Å². The summed E-state index contributed by atoms with van der Waals surface area (Å²) in [6, 6.07) is 1.31. The number of aromatic nitrogens is 2. The molecule has 2 aromatic rings. The Labute approximate surface area is 114 Å². The lowest BCUT2D eigenvalue weighted by molar-refractivity contribution is 0.210. The number of hydrogen-bond acceptors (Lipinski definition) is 3. The first-order valence-corrected chi connectivity index (χ1v) is 5.96. The van der Waals surface area contributed by atoms with E-state index >= 15 is 0 Å². The van der Waals surface area contributed by atoms with Crippen LogP contribution in [-0.2, 0) is 4.74 Å². The van der Waals surface area contributed by atoms with Crippen LogP contribution in [0.15, 0.2) is 18.3 Å². The molecule has 0 saturated heterocycles. The van der Waals surface area contributed by atoms with Crippen LogP contribution >= 0.6 is 0 Å². The average molecular weight is 285 g/mol. The van der Waals surface area contributed by atoms with Crippen LogP contribution in [0.4, 0.5) is 19.1 Å². The van der Waals surface area contributed by atoms with E-state index in [1.165, 1.54) is 10.8 Å². The van der Waals surface area contributed by atoms with Crippen molar-refractivity contribution in [2.24, 2.45) is 0 Å². The summed E-state index contributed by atoms with van der Waals surface area (Å²) in [5.74, 6) is -2.87.